The van der Waals surface area contributed by atoms with Crippen molar-refractivity contribution in [3.05, 3.63) is 96.3 Å². The highest BCUT2D eigenvalue weighted by Crippen LogP contribution is 2.25. The first-order valence-electron chi connectivity index (χ1n) is 9.97. The summed E-state index contributed by atoms with van der Waals surface area (Å²) >= 11 is 0. The van der Waals surface area contributed by atoms with Crippen molar-refractivity contribution in [1.82, 2.24) is 20.0 Å². The van der Waals surface area contributed by atoms with Crippen LogP contribution in [0.5, 0.6) is 0 Å². The maximum absolute atomic E-state index is 13.4. The lowest BCUT2D eigenvalue weighted by Crippen LogP contribution is -2.38. The van der Waals surface area contributed by atoms with Gasteiger partial charge in [0, 0.05) is 18.8 Å². The number of nitrogens with zero attached hydrogens (tertiary/aromatic N) is 3. The van der Waals surface area contributed by atoms with E-state index in [4.69, 9.17) is 4.42 Å². The van der Waals surface area contributed by atoms with E-state index < -0.39 is 0 Å². The smallest absolute Gasteiger partial charge is 0.257 e. The van der Waals surface area contributed by atoms with Crippen LogP contribution in [0.15, 0.2) is 83.6 Å². The minimum absolute atomic E-state index is 0.140. The summed E-state index contributed by atoms with van der Waals surface area (Å²) in [6.07, 6.45) is 3.14. The average Bonchev–Trinajstić information content (AvgIpc) is 3.48. The zero-order valence-corrected chi connectivity index (χ0v) is 17.4. The maximum atomic E-state index is 13.4. The number of carbonyl (C=O) groups is 2. The molecule has 1 N–H and O–H groups in total. The number of carbonyl (C=O) groups excluding carboxylic acids is 2. The fourth-order valence-electron chi connectivity index (χ4n) is 3.21. The number of hydrogen-bond donors (Lipinski definition) is 1. The first kappa shape index (κ1) is 21.0. The molecule has 4 aromatic rings. The topological polar surface area (TPSA) is 80.4 Å². The molecule has 162 valence electrons. The highest BCUT2D eigenvalue weighted by molar-refractivity contribution is 6.01. The number of rotatable bonds is 7. The standard InChI is InChI=1S/C24H21FN4O3/c1-28(16-22(30)26-14-20-8-5-13-32-20)24(31)21-15-29(19-6-3-2-4-7-19)27-23(21)17-9-11-18(25)12-10-17/h2-13,15H,14,16H2,1H3,(H,26,30). The van der Waals surface area contributed by atoms with Crippen molar-refractivity contribution in [3.63, 3.8) is 0 Å². The molecule has 0 unspecified atom stereocenters. The first-order valence-corrected chi connectivity index (χ1v) is 9.97. The van der Waals surface area contributed by atoms with Gasteiger partial charge in [0.2, 0.25) is 5.91 Å². The average molecular weight is 432 g/mol. The summed E-state index contributed by atoms with van der Waals surface area (Å²) in [5.41, 5.74) is 2.08. The highest BCUT2D eigenvalue weighted by Gasteiger charge is 2.23. The number of halogens is 1. The minimum Gasteiger partial charge on any atom is -0.467 e. The molecule has 0 bridgehead atoms. The van der Waals surface area contributed by atoms with E-state index in [2.05, 4.69) is 10.4 Å². The number of amides is 2. The lowest BCUT2D eigenvalue weighted by molar-refractivity contribution is -0.121. The molecule has 0 radical (unpaired) electrons. The molecule has 2 heterocycles. The molecule has 2 aromatic heterocycles. The monoisotopic (exact) mass is 432 g/mol. The van der Waals surface area contributed by atoms with Gasteiger partial charge in [-0.05, 0) is 48.5 Å². The van der Waals surface area contributed by atoms with Crippen LogP contribution in [0.25, 0.3) is 16.9 Å². The lowest BCUT2D eigenvalue weighted by atomic mass is 10.1. The van der Waals surface area contributed by atoms with E-state index in [1.165, 1.54) is 23.3 Å². The number of aromatic nitrogens is 2. The van der Waals surface area contributed by atoms with E-state index in [0.29, 0.717) is 22.6 Å². The normalized spacial score (nSPS) is 10.7. The Labute approximate surface area is 184 Å². The van der Waals surface area contributed by atoms with Gasteiger partial charge in [-0.1, -0.05) is 18.2 Å². The molecule has 0 aliphatic carbocycles. The van der Waals surface area contributed by atoms with Crippen LogP contribution < -0.4 is 5.32 Å². The van der Waals surface area contributed by atoms with Gasteiger partial charge in [0.15, 0.2) is 0 Å². The summed E-state index contributed by atoms with van der Waals surface area (Å²) in [6, 6.07) is 18.6. The number of hydrogen-bond acceptors (Lipinski definition) is 4. The van der Waals surface area contributed by atoms with Crippen LogP contribution in [0.2, 0.25) is 0 Å². The minimum atomic E-state index is -0.380. The number of furan rings is 1. The Morgan fingerprint density at radius 2 is 1.81 bits per heavy atom. The maximum Gasteiger partial charge on any atom is 0.257 e. The molecule has 7 nitrogen and oxygen atoms in total. The van der Waals surface area contributed by atoms with Crippen molar-refractivity contribution in [2.24, 2.45) is 0 Å². The second kappa shape index (κ2) is 9.30. The second-order valence-corrected chi connectivity index (χ2v) is 7.20. The third-order valence-corrected chi connectivity index (χ3v) is 4.85. The van der Waals surface area contributed by atoms with Gasteiger partial charge in [0.25, 0.3) is 5.91 Å². The molecule has 0 saturated heterocycles. The van der Waals surface area contributed by atoms with Crippen LogP contribution in [0, 0.1) is 5.82 Å². The summed E-state index contributed by atoms with van der Waals surface area (Å²) in [7, 11) is 1.54. The van der Waals surface area contributed by atoms with E-state index in [1.807, 2.05) is 30.3 Å². The van der Waals surface area contributed by atoms with E-state index >= 15 is 0 Å². The summed E-state index contributed by atoms with van der Waals surface area (Å²) in [4.78, 5) is 26.8. The molecule has 0 saturated carbocycles. The summed E-state index contributed by atoms with van der Waals surface area (Å²) in [5.74, 6) is -0.458. The van der Waals surface area contributed by atoms with Crippen molar-refractivity contribution in [2.75, 3.05) is 13.6 Å². The SMILES string of the molecule is CN(CC(=O)NCc1ccco1)C(=O)c1cn(-c2ccccc2)nc1-c1ccc(F)cc1. The molecule has 4 rings (SSSR count). The Kier molecular flexibility index (Phi) is 6.12. The van der Waals surface area contributed by atoms with Crippen LogP contribution in [0.4, 0.5) is 4.39 Å². The summed E-state index contributed by atoms with van der Waals surface area (Å²) < 4.78 is 20.2. The molecule has 32 heavy (non-hydrogen) atoms. The molecule has 0 aliphatic rings. The Bertz CT molecular complexity index is 1200. The van der Waals surface area contributed by atoms with Gasteiger partial charge in [0.05, 0.1) is 30.6 Å². The zero-order valence-electron chi connectivity index (χ0n) is 17.4. The molecular weight excluding hydrogens is 411 g/mol. The van der Waals surface area contributed by atoms with Gasteiger partial charge in [-0.3, -0.25) is 9.59 Å². The Morgan fingerprint density at radius 1 is 1.06 bits per heavy atom. The molecule has 2 aromatic carbocycles. The van der Waals surface area contributed by atoms with Crippen LogP contribution in [-0.4, -0.2) is 40.1 Å². The van der Waals surface area contributed by atoms with Crippen molar-refractivity contribution < 1.29 is 18.4 Å². The third-order valence-electron chi connectivity index (χ3n) is 4.85. The molecular formula is C24H21FN4O3. The number of benzene rings is 2. The van der Waals surface area contributed by atoms with Gasteiger partial charge in [-0.15, -0.1) is 0 Å². The molecule has 0 aliphatic heterocycles. The van der Waals surface area contributed by atoms with E-state index in [0.717, 1.165) is 5.69 Å². The first-order chi connectivity index (χ1) is 15.5. The second-order valence-electron chi connectivity index (χ2n) is 7.20. The molecule has 8 heteroatoms. The fraction of sp³-hybridized carbons (Fsp3) is 0.125. The number of likely N-dealkylation sites (N-methyl/N-ethyl adjacent to an activating group) is 1. The van der Waals surface area contributed by atoms with Crippen molar-refractivity contribution in [1.29, 1.82) is 0 Å². The molecule has 2 amide bonds. The van der Waals surface area contributed by atoms with Gasteiger partial charge < -0.3 is 14.6 Å². The Balaban J connectivity index is 1.57. The van der Waals surface area contributed by atoms with Crippen molar-refractivity contribution in [2.45, 2.75) is 6.54 Å². The predicted molar refractivity (Wildman–Crippen MR) is 116 cm³/mol. The summed E-state index contributed by atoms with van der Waals surface area (Å²) in [5, 5.41) is 7.28. The van der Waals surface area contributed by atoms with Crippen LogP contribution in [0.3, 0.4) is 0 Å². The third kappa shape index (κ3) is 4.75. The zero-order chi connectivity index (χ0) is 22.5. The van der Waals surface area contributed by atoms with Gasteiger partial charge in [-0.25, -0.2) is 9.07 Å². The van der Waals surface area contributed by atoms with Crippen LogP contribution in [0.1, 0.15) is 16.1 Å². The number of nitrogens with one attached hydrogen (secondary N) is 1. The molecule has 0 spiro atoms. The molecule has 0 fully saturated rings. The Hall–Kier alpha value is -4.20. The van der Waals surface area contributed by atoms with E-state index in [9.17, 15) is 14.0 Å². The van der Waals surface area contributed by atoms with E-state index in [1.54, 1.807) is 42.2 Å². The van der Waals surface area contributed by atoms with E-state index in [-0.39, 0.29) is 30.7 Å². The lowest BCUT2D eigenvalue weighted by Gasteiger charge is -2.16. The predicted octanol–water partition coefficient (Wildman–Crippen LogP) is 3.66. The molecule has 0 atom stereocenters. The Morgan fingerprint density at radius 3 is 2.50 bits per heavy atom. The van der Waals surface area contributed by atoms with Crippen molar-refractivity contribution in [3.8, 4) is 16.9 Å². The highest BCUT2D eigenvalue weighted by atomic mass is 19.1. The van der Waals surface area contributed by atoms with Gasteiger partial charge >= 0.3 is 0 Å². The fourth-order valence-corrected chi connectivity index (χ4v) is 3.21. The van der Waals surface area contributed by atoms with Crippen LogP contribution in [-0.2, 0) is 11.3 Å². The van der Waals surface area contributed by atoms with Gasteiger partial charge in [-0.2, -0.15) is 5.10 Å². The van der Waals surface area contributed by atoms with Gasteiger partial charge in [0.1, 0.15) is 17.3 Å². The van der Waals surface area contributed by atoms with Crippen molar-refractivity contribution >= 4 is 11.8 Å². The largest absolute Gasteiger partial charge is 0.467 e. The summed E-state index contributed by atoms with van der Waals surface area (Å²) in [6.45, 7) is 0.0968. The quantitative estimate of drug-likeness (QED) is 0.483. The van der Waals surface area contributed by atoms with Crippen LogP contribution >= 0.6 is 0 Å². The number of para-hydroxylation sites is 1.